The van der Waals surface area contributed by atoms with E-state index in [-0.39, 0.29) is 24.0 Å². The van der Waals surface area contributed by atoms with Gasteiger partial charge < -0.3 is 19.6 Å². The Morgan fingerprint density at radius 3 is 2.42 bits per heavy atom. The van der Waals surface area contributed by atoms with Crippen molar-refractivity contribution in [1.29, 1.82) is 0 Å². The van der Waals surface area contributed by atoms with Crippen molar-refractivity contribution in [3.63, 3.8) is 0 Å². The fraction of sp³-hybridized carbons (Fsp3) is 0.391. The summed E-state index contributed by atoms with van der Waals surface area (Å²) in [5.74, 6) is 2.82. The number of halogens is 1. The number of nitrogens with zero attached hydrogens (tertiary/aromatic N) is 3. The van der Waals surface area contributed by atoms with Crippen molar-refractivity contribution < 1.29 is 8.94 Å². The second-order valence-electron chi connectivity index (χ2n) is 7.67. The summed E-state index contributed by atoms with van der Waals surface area (Å²) in [4.78, 5) is 6.55. The molecule has 3 rings (SSSR count). The van der Waals surface area contributed by atoms with Crippen molar-refractivity contribution in [1.82, 2.24) is 20.7 Å². The molecule has 0 unspecified atom stereocenters. The van der Waals surface area contributed by atoms with Gasteiger partial charge in [0.2, 0.25) is 0 Å². The van der Waals surface area contributed by atoms with Crippen LogP contribution >= 0.6 is 24.0 Å². The highest BCUT2D eigenvalue weighted by atomic mass is 127. The highest BCUT2D eigenvalue weighted by molar-refractivity contribution is 14.0. The molecule has 0 aliphatic heterocycles. The lowest BCUT2D eigenvalue weighted by atomic mass is 10.1. The molecule has 168 valence electrons. The van der Waals surface area contributed by atoms with E-state index in [0.717, 1.165) is 36.3 Å². The van der Waals surface area contributed by atoms with Crippen LogP contribution < -0.4 is 10.6 Å². The summed E-state index contributed by atoms with van der Waals surface area (Å²) in [5.41, 5.74) is 3.46. The minimum Gasteiger partial charge on any atom is -0.468 e. The van der Waals surface area contributed by atoms with Crippen LogP contribution in [0.25, 0.3) is 0 Å². The van der Waals surface area contributed by atoms with Gasteiger partial charge in [0, 0.05) is 26.2 Å². The molecule has 0 radical (unpaired) electrons. The summed E-state index contributed by atoms with van der Waals surface area (Å²) in [6, 6.07) is 14.3. The molecule has 8 heteroatoms. The number of aliphatic imine (C=N–C) groups is 1. The highest BCUT2D eigenvalue weighted by Gasteiger charge is 2.10. The van der Waals surface area contributed by atoms with E-state index in [1.165, 1.54) is 11.1 Å². The molecule has 2 aromatic heterocycles. The smallest absolute Gasteiger partial charge is 0.191 e. The first-order valence-corrected chi connectivity index (χ1v) is 10.2. The first-order chi connectivity index (χ1) is 14.5. The average Bonchev–Trinajstić information content (AvgIpc) is 3.41. The van der Waals surface area contributed by atoms with Gasteiger partial charge in [-0.1, -0.05) is 43.3 Å². The zero-order valence-corrected chi connectivity index (χ0v) is 20.9. The lowest BCUT2D eigenvalue weighted by Crippen LogP contribution is -2.36. The van der Waals surface area contributed by atoms with Gasteiger partial charge in [-0.3, -0.25) is 9.89 Å². The van der Waals surface area contributed by atoms with Crippen molar-refractivity contribution in [2.45, 2.75) is 45.9 Å². The Kier molecular flexibility index (Phi) is 10.1. The van der Waals surface area contributed by atoms with Crippen molar-refractivity contribution in [3.05, 3.63) is 77.1 Å². The standard InChI is InChI=1S/C23H31N5O2.HI/c1-17(2)22-12-21(30-27-22)14-26-23(24-3)25-13-18-8-5-6-9-19(18)15-28(4)16-20-10-7-11-29-20;/h5-12,17H,13-16H2,1-4H3,(H2,24,25,26);1H. The van der Waals surface area contributed by atoms with E-state index in [0.29, 0.717) is 19.0 Å². The van der Waals surface area contributed by atoms with Crippen LogP contribution in [0.5, 0.6) is 0 Å². The number of aromatic nitrogens is 1. The lowest BCUT2D eigenvalue weighted by Gasteiger charge is -2.18. The topological polar surface area (TPSA) is 78.8 Å². The first-order valence-electron chi connectivity index (χ1n) is 10.2. The molecule has 0 spiro atoms. The van der Waals surface area contributed by atoms with Gasteiger partial charge in [-0.05, 0) is 36.2 Å². The summed E-state index contributed by atoms with van der Waals surface area (Å²) in [6.07, 6.45) is 1.71. The molecule has 0 saturated heterocycles. The molecule has 0 aliphatic carbocycles. The summed E-state index contributed by atoms with van der Waals surface area (Å²) < 4.78 is 10.8. The normalized spacial score (nSPS) is 11.6. The SMILES string of the molecule is CN=C(NCc1cc(C(C)C)no1)NCc1ccccc1CN(C)Cc1ccco1.I. The van der Waals surface area contributed by atoms with Crippen LogP contribution in [0.3, 0.4) is 0 Å². The van der Waals surface area contributed by atoms with Crippen LogP contribution in [0.15, 0.2) is 62.7 Å². The average molecular weight is 537 g/mol. The summed E-state index contributed by atoms with van der Waals surface area (Å²) in [6.45, 7) is 7.01. The first kappa shape index (κ1) is 24.9. The zero-order valence-electron chi connectivity index (χ0n) is 18.6. The van der Waals surface area contributed by atoms with Gasteiger partial charge in [-0.2, -0.15) is 0 Å². The van der Waals surface area contributed by atoms with Gasteiger partial charge in [0.1, 0.15) is 5.76 Å². The third-order valence-electron chi connectivity index (χ3n) is 4.83. The largest absolute Gasteiger partial charge is 0.468 e. The maximum Gasteiger partial charge on any atom is 0.191 e. The van der Waals surface area contributed by atoms with E-state index in [2.05, 4.69) is 70.8 Å². The quantitative estimate of drug-likeness (QED) is 0.238. The third-order valence-corrected chi connectivity index (χ3v) is 4.83. The molecule has 0 atom stereocenters. The minimum atomic E-state index is 0. The summed E-state index contributed by atoms with van der Waals surface area (Å²) >= 11 is 0. The van der Waals surface area contributed by atoms with Crippen LogP contribution in [0, 0.1) is 0 Å². The third kappa shape index (κ3) is 7.70. The van der Waals surface area contributed by atoms with E-state index in [1.807, 2.05) is 18.2 Å². The van der Waals surface area contributed by atoms with E-state index in [1.54, 1.807) is 13.3 Å². The predicted molar refractivity (Wildman–Crippen MR) is 133 cm³/mol. The number of hydrogen-bond acceptors (Lipinski definition) is 5. The Labute approximate surface area is 201 Å². The van der Waals surface area contributed by atoms with Crippen LogP contribution in [-0.2, 0) is 26.2 Å². The molecule has 7 nitrogen and oxygen atoms in total. The monoisotopic (exact) mass is 537 g/mol. The molecule has 2 N–H and O–H groups in total. The number of hydrogen-bond donors (Lipinski definition) is 2. The maximum absolute atomic E-state index is 5.45. The van der Waals surface area contributed by atoms with Crippen molar-refractivity contribution in [3.8, 4) is 0 Å². The predicted octanol–water partition coefficient (Wildman–Crippen LogP) is 4.51. The van der Waals surface area contributed by atoms with Gasteiger partial charge in [-0.25, -0.2) is 0 Å². The van der Waals surface area contributed by atoms with Gasteiger partial charge >= 0.3 is 0 Å². The number of rotatable bonds is 9. The Morgan fingerprint density at radius 1 is 1.03 bits per heavy atom. The van der Waals surface area contributed by atoms with E-state index >= 15 is 0 Å². The lowest BCUT2D eigenvalue weighted by molar-refractivity contribution is 0.287. The number of furan rings is 1. The van der Waals surface area contributed by atoms with Crippen LogP contribution in [0.2, 0.25) is 0 Å². The van der Waals surface area contributed by atoms with E-state index in [4.69, 9.17) is 8.94 Å². The Morgan fingerprint density at radius 2 is 1.77 bits per heavy atom. The minimum absolute atomic E-state index is 0. The molecular formula is C23H32IN5O2. The number of nitrogens with one attached hydrogen (secondary N) is 2. The molecule has 2 heterocycles. The number of guanidine groups is 1. The Balaban J connectivity index is 0.00000341. The molecule has 0 amide bonds. The molecule has 1 aromatic carbocycles. The molecule has 0 fully saturated rings. The number of benzene rings is 1. The highest BCUT2D eigenvalue weighted by Crippen LogP contribution is 2.15. The fourth-order valence-electron chi connectivity index (χ4n) is 3.15. The van der Waals surface area contributed by atoms with Crippen LogP contribution in [0.4, 0.5) is 0 Å². The molecule has 3 aromatic rings. The molecular weight excluding hydrogens is 505 g/mol. The van der Waals surface area contributed by atoms with E-state index < -0.39 is 0 Å². The van der Waals surface area contributed by atoms with Crippen LogP contribution in [0.1, 0.15) is 48.1 Å². The van der Waals surface area contributed by atoms with Crippen LogP contribution in [-0.4, -0.2) is 30.1 Å². The van der Waals surface area contributed by atoms with Crippen molar-refractivity contribution >= 4 is 29.9 Å². The Hall–Kier alpha value is -2.33. The van der Waals surface area contributed by atoms with Gasteiger partial charge in [0.25, 0.3) is 0 Å². The van der Waals surface area contributed by atoms with Crippen molar-refractivity contribution in [2.24, 2.45) is 4.99 Å². The molecule has 31 heavy (non-hydrogen) atoms. The molecule has 0 saturated carbocycles. The summed E-state index contributed by atoms with van der Waals surface area (Å²) in [7, 11) is 3.86. The van der Waals surface area contributed by atoms with Gasteiger partial charge in [-0.15, -0.1) is 24.0 Å². The fourth-order valence-corrected chi connectivity index (χ4v) is 3.15. The molecule has 0 aliphatic rings. The zero-order chi connectivity index (χ0) is 21.3. The maximum atomic E-state index is 5.45. The Bertz CT molecular complexity index is 937. The van der Waals surface area contributed by atoms with Crippen molar-refractivity contribution in [2.75, 3.05) is 14.1 Å². The molecule has 0 bridgehead atoms. The van der Waals surface area contributed by atoms with Gasteiger partial charge in [0.05, 0.1) is 25.0 Å². The van der Waals surface area contributed by atoms with E-state index in [9.17, 15) is 0 Å². The summed E-state index contributed by atoms with van der Waals surface area (Å²) in [5, 5.41) is 10.8. The second-order valence-corrected chi connectivity index (χ2v) is 7.67. The van der Waals surface area contributed by atoms with Gasteiger partial charge in [0.15, 0.2) is 11.7 Å². The second kappa shape index (κ2) is 12.5.